The van der Waals surface area contributed by atoms with Gasteiger partial charge in [-0.25, -0.2) is 4.79 Å². The van der Waals surface area contributed by atoms with Crippen molar-refractivity contribution in [2.45, 2.75) is 13.0 Å². The molecule has 4 heteroatoms. The molecule has 0 fully saturated rings. The molecular weight excluding hydrogens is 182 g/mol. The van der Waals surface area contributed by atoms with E-state index in [4.69, 9.17) is 5.11 Å². The first kappa shape index (κ1) is 10.2. The zero-order valence-corrected chi connectivity index (χ0v) is 7.73. The minimum Gasteiger partial charge on any atom is -0.465 e. The van der Waals surface area contributed by atoms with E-state index in [0.29, 0.717) is 5.56 Å². The molecule has 0 saturated heterocycles. The quantitative estimate of drug-likeness (QED) is 0.719. The molecule has 4 nitrogen and oxygen atoms in total. The Bertz CT molecular complexity index is 332. The third kappa shape index (κ3) is 2.58. The summed E-state index contributed by atoms with van der Waals surface area (Å²) in [5, 5.41) is 10.8. The molecular formula is C10H11NO3. The molecule has 0 heterocycles. The first-order valence-corrected chi connectivity index (χ1v) is 4.18. The molecule has 0 radical (unpaired) electrons. The summed E-state index contributed by atoms with van der Waals surface area (Å²) < 4.78 is 0. The maximum atomic E-state index is 10.4. The predicted octanol–water partition coefficient (Wildman–Crippen LogP) is 1.83. The summed E-state index contributed by atoms with van der Waals surface area (Å²) in [5.41, 5.74) is 1.41. The summed E-state index contributed by atoms with van der Waals surface area (Å²) in [6, 6.07) is 6.49. The Morgan fingerprint density at radius 1 is 1.43 bits per heavy atom. The Morgan fingerprint density at radius 2 is 2.00 bits per heavy atom. The molecule has 0 aliphatic carbocycles. The van der Waals surface area contributed by atoms with Gasteiger partial charge in [0.05, 0.1) is 6.04 Å². The van der Waals surface area contributed by atoms with Crippen LogP contribution in [0, 0.1) is 0 Å². The van der Waals surface area contributed by atoms with Crippen molar-refractivity contribution in [3.63, 3.8) is 0 Å². The zero-order chi connectivity index (χ0) is 10.6. The maximum absolute atomic E-state index is 10.4. The standard InChI is InChI=1S/C10H11NO3/c1-7(11-10(13)14)9-4-2-8(6-12)3-5-9/h2-7,11H,1H3,(H,13,14)/t7-/m0/s1. The lowest BCUT2D eigenvalue weighted by Gasteiger charge is -2.11. The van der Waals surface area contributed by atoms with E-state index in [1.54, 1.807) is 31.2 Å². The van der Waals surface area contributed by atoms with Crippen molar-refractivity contribution in [1.29, 1.82) is 0 Å². The number of carboxylic acid groups (broad SMARTS) is 1. The van der Waals surface area contributed by atoms with Gasteiger partial charge in [0.15, 0.2) is 0 Å². The van der Waals surface area contributed by atoms with Crippen molar-refractivity contribution >= 4 is 12.4 Å². The van der Waals surface area contributed by atoms with Crippen LogP contribution >= 0.6 is 0 Å². The largest absolute Gasteiger partial charge is 0.465 e. The number of benzene rings is 1. The molecule has 0 saturated carbocycles. The van der Waals surface area contributed by atoms with Crippen molar-refractivity contribution in [3.05, 3.63) is 35.4 Å². The highest BCUT2D eigenvalue weighted by atomic mass is 16.4. The van der Waals surface area contributed by atoms with Gasteiger partial charge < -0.3 is 10.4 Å². The van der Waals surface area contributed by atoms with E-state index in [1.807, 2.05) is 0 Å². The first-order chi connectivity index (χ1) is 6.63. The van der Waals surface area contributed by atoms with Crippen LogP contribution in [0.25, 0.3) is 0 Å². The number of carbonyl (C=O) groups excluding carboxylic acids is 1. The van der Waals surface area contributed by atoms with E-state index in [9.17, 15) is 9.59 Å². The molecule has 1 aromatic carbocycles. The molecule has 0 aromatic heterocycles. The number of amides is 1. The van der Waals surface area contributed by atoms with Gasteiger partial charge in [-0.15, -0.1) is 0 Å². The summed E-state index contributed by atoms with van der Waals surface area (Å²) in [4.78, 5) is 20.7. The Kier molecular flexibility index (Phi) is 3.23. The number of carbonyl (C=O) groups is 2. The number of hydrogen-bond acceptors (Lipinski definition) is 2. The molecule has 0 unspecified atom stereocenters. The second-order valence-electron chi connectivity index (χ2n) is 2.96. The number of nitrogens with one attached hydrogen (secondary N) is 1. The van der Waals surface area contributed by atoms with Crippen molar-refractivity contribution in [3.8, 4) is 0 Å². The van der Waals surface area contributed by atoms with Crippen LogP contribution in [0.5, 0.6) is 0 Å². The SMILES string of the molecule is C[C@H](NC(=O)O)c1ccc(C=O)cc1. The summed E-state index contributed by atoms with van der Waals surface area (Å²) in [7, 11) is 0. The van der Waals surface area contributed by atoms with E-state index in [-0.39, 0.29) is 6.04 Å². The molecule has 0 bridgehead atoms. The van der Waals surface area contributed by atoms with Crippen LogP contribution in [0.3, 0.4) is 0 Å². The molecule has 2 N–H and O–H groups in total. The van der Waals surface area contributed by atoms with E-state index < -0.39 is 6.09 Å². The van der Waals surface area contributed by atoms with Crippen molar-refractivity contribution in [2.75, 3.05) is 0 Å². The molecule has 0 aliphatic rings. The van der Waals surface area contributed by atoms with E-state index in [0.717, 1.165) is 11.8 Å². The van der Waals surface area contributed by atoms with Gasteiger partial charge >= 0.3 is 6.09 Å². The van der Waals surface area contributed by atoms with Crippen LogP contribution < -0.4 is 5.32 Å². The summed E-state index contributed by atoms with van der Waals surface area (Å²) in [5.74, 6) is 0. The van der Waals surface area contributed by atoms with Gasteiger partial charge in [-0.3, -0.25) is 4.79 Å². The molecule has 14 heavy (non-hydrogen) atoms. The van der Waals surface area contributed by atoms with Crippen LogP contribution in [-0.2, 0) is 0 Å². The second kappa shape index (κ2) is 4.41. The lowest BCUT2D eigenvalue weighted by atomic mass is 10.1. The number of rotatable bonds is 3. The summed E-state index contributed by atoms with van der Waals surface area (Å²) in [6.07, 6.45) is -0.309. The minimum absolute atomic E-state index is 0.270. The highest BCUT2D eigenvalue weighted by molar-refractivity contribution is 5.74. The predicted molar refractivity (Wildman–Crippen MR) is 51.4 cm³/mol. The lowest BCUT2D eigenvalue weighted by Crippen LogP contribution is -2.24. The molecule has 1 amide bonds. The molecule has 0 spiro atoms. The van der Waals surface area contributed by atoms with Gasteiger partial charge in [0, 0.05) is 5.56 Å². The Labute approximate surface area is 81.6 Å². The topological polar surface area (TPSA) is 66.4 Å². The van der Waals surface area contributed by atoms with E-state index >= 15 is 0 Å². The number of hydrogen-bond donors (Lipinski definition) is 2. The molecule has 1 aromatic rings. The monoisotopic (exact) mass is 193 g/mol. The highest BCUT2D eigenvalue weighted by Crippen LogP contribution is 2.12. The summed E-state index contributed by atoms with van der Waals surface area (Å²) in [6.45, 7) is 1.74. The van der Waals surface area contributed by atoms with Gasteiger partial charge in [0.1, 0.15) is 6.29 Å². The van der Waals surface area contributed by atoms with Crippen LogP contribution in [0.2, 0.25) is 0 Å². The van der Waals surface area contributed by atoms with Crippen molar-refractivity contribution in [2.24, 2.45) is 0 Å². The fraction of sp³-hybridized carbons (Fsp3) is 0.200. The van der Waals surface area contributed by atoms with Crippen LogP contribution in [0.1, 0.15) is 28.9 Å². The fourth-order valence-electron chi connectivity index (χ4n) is 1.13. The maximum Gasteiger partial charge on any atom is 0.405 e. The minimum atomic E-state index is -1.06. The van der Waals surface area contributed by atoms with Crippen LogP contribution in [-0.4, -0.2) is 17.5 Å². The van der Waals surface area contributed by atoms with Crippen LogP contribution in [0.15, 0.2) is 24.3 Å². The smallest absolute Gasteiger partial charge is 0.405 e. The third-order valence-corrected chi connectivity index (χ3v) is 1.91. The average molecular weight is 193 g/mol. The van der Waals surface area contributed by atoms with Crippen molar-refractivity contribution < 1.29 is 14.7 Å². The molecule has 74 valence electrons. The second-order valence-corrected chi connectivity index (χ2v) is 2.96. The molecule has 0 aliphatic heterocycles. The van der Waals surface area contributed by atoms with Crippen LogP contribution in [0.4, 0.5) is 4.79 Å². The van der Waals surface area contributed by atoms with Gasteiger partial charge in [0.25, 0.3) is 0 Å². The van der Waals surface area contributed by atoms with E-state index in [1.165, 1.54) is 0 Å². The zero-order valence-electron chi connectivity index (χ0n) is 7.73. The van der Waals surface area contributed by atoms with Gasteiger partial charge in [-0.1, -0.05) is 24.3 Å². The highest BCUT2D eigenvalue weighted by Gasteiger charge is 2.06. The summed E-state index contributed by atoms with van der Waals surface area (Å²) >= 11 is 0. The van der Waals surface area contributed by atoms with E-state index in [2.05, 4.69) is 5.32 Å². The average Bonchev–Trinajstić information content (AvgIpc) is 2.17. The molecule has 1 rings (SSSR count). The lowest BCUT2D eigenvalue weighted by molar-refractivity contribution is 0.112. The normalized spacial score (nSPS) is 11.8. The Morgan fingerprint density at radius 3 is 2.43 bits per heavy atom. The number of aldehydes is 1. The first-order valence-electron chi connectivity index (χ1n) is 4.18. The fourth-order valence-corrected chi connectivity index (χ4v) is 1.13. The van der Waals surface area contributed by atoms with Gasteiger partial charge in [-0.2, -0.15) is 0 Å². The van der Waals surface area contributed by atoms with Crippen molar-refractivity contribution in [1.82, 2.24) is 5.32 Å². The third-order valence-electron chi connectivity index (χ3n) is 1.91. The Balaban J connectivity index is 2.75. The van der Waals surface area contributed by atoms with Gasteiger partial charge in [0.2, 0.25) is 0 Å². The Hall–Kier alpha value is -1.84. The molecule has 1 atom stereocenters. The van der Waals surface area contributed by atoms with Gasteiger partial charge in [-0.05, 0) is 12.5 Å².